The van der Waals surface area contributed by atoms with Gasteiger partial charge in [0.15, 0.2) is 5.76 Å². The quantitative estimate of drug-likeness (QED) is 0.686. The van der Waals surface area contributed by atoms with Crippen LogP contribution in [0.5, 0.6) is 0 Å². The Balaban J connectivity index is 2.15. The average Bonchev–Trinajstić information content (AvgIpc) is 2.76. The fourth-order valence-electron chi connectivity index (χ4n) is 1.07. The number of hydrogen-bond acceptors (Lipinski definition) is 5. The zero-order valence-electron chi connectivity index (χ0n) is 7.51. The summed E-state index contributed by atoms with van der Waals surface area (Å²) in [6, 6.07) is 3.66. The lowest BCUT2D eigenvalue weighted by Crippen LogP contribution is -1.99. The molecule has 2 aromatic heterocycles. The largest absolute Gasteiger partial charge is 0.359 e. The minimum atomic E-state index is 0.154. The molecule has 0 bridgehead atoms. The van der Waals surface area contributed by atoms with Crippen LogP contribution in [0.1, 0.15) is 17.3 Å². The maximum absolute atomic E-state index is 8.50. The van der Waals surface area contributed by atoms with Crippen molar-refractivity contribution < 1.29 is 4.52 Å². The molecule has 0 fully saturated rings. The first-order chi connectivity index (χ1) is 6.78. The van der Waals surface area contributed by atoms with E-state index in [9.17, 15) is 0 Å². The molecule has 0 aliphatic carbocycles. The smallest absolute Gasteiger partial charge is 0.252 e. The highest BCUT2D eigenvalue weighted by Gasteiger charge is 2.04. The third kappa shape index (κ3) is 1.61. The summed E-state index contributed by atoms with van der Waals surface area (Å²) in [6.45, 7) is 2.28. The first-order valence-corrected chi connectivity index (χ1v) is 3.99. The lowest BCUT2D eigenvalue weighted by Gasteiger charge is -1.92. The molecule has 14 heavy (non-hydrogen) atoms. The van der Waals surface area contributed by atoms with Crippen molar-refractivity contribution >= 4 is 0 Å². The minimum absolute atomic E-state index is 0.154. The number of aryl methyl sites for hydroxylation is 1. The van der Waals surface area contributed by atoms with E-state index in [1.54, 1.807) is 0 Å². The molecule has 2 heterocycles. The molecule has 0 spiro atoms. The van der Waals surface area contributed by atoms with E-state index < -0.39 is 0 Å². The van der Waals surface area contributed by atoms with Crippen LogP contribution >= 0.6 is 0 Å². The van der Waals surface area contributed by atoms with E-state index in [1.807, 2.05) is 19.1 Å². The second-order valence-corrected chi connectivity index (χ2v) is 2.81. The standard InChI is InChI=1S/C8H7N5O/c1-6-2-7(14-12-6)4-13-5-10-8(3-9)11-13/h2,5H,4H2,1H3. The van der Waals surface area contributed by atoms with Gasteiger partial charge in [-0.3, -0.25) is 0 Å². The Labute approximate surface area is 79.8 Å². The average molecular weight is 189 g/mol. The molecule has 0 amide bonds. The van der Waals surface area contributed by atoms with Gasteiger partial charge in [0, 0.05) is 6.07 Å². The second-order valence-electron chi connectivity index (χ2n) is 2.81. The summed E-state index contributed by atoms with van der Waals surface area (Å²) in [5, 5.41) is 16.1. The maximum Gasteiger partial charge on any atom is 0.252 e. The zero-order chi connectivity index (χ0) is 9.97. The Hall–Kier alpha value is -2.16. The zero-order valence-corrected chi connectivity index (χ0v) is 7.51. The Kier molecular flexibility index (Phi) is 1.99. The van der Waals surface area contributed by atoms with Crippen LogP contribution in [0.15, 0.2) is 16.9 Å². The lowest BCUT2D eigenvalue weighted by atomic mass is 10.4. The molecule has 6 heteroatoms. The highest BCUT2D eigenvalue weighted by Crippen LogP contribution is 2.03. The van der Waals surface area contributed by atoms with Crippen LogP contribution in [-0.4, -0.2) is 19.9 Å². The van der Waals surface area contributed by atoms with Gasteiger partial charge < -0.3 is 4.52 Å². The molecule has 2 aromatic rings. The summed E-state index contributed by atoms with van der Waals surface area (Å²) in [4.78, 5) is 3.77. The predicted molar refractivity (Wildman–Crippen MR) is 45.1 cm³/mol. The molecule has 0 aliphatic rings. The highest BCUT2D eigenvalue weighted by molar-refractivity contribution is 5.07. The van der Waals surface area contributed by atoms with E-state index in [0.717, 1.165) is 5.69 Å². The number of hydrogen-bond donors (Lipinski definition) is 0. The molecule has 0 atom stereocenters. The molecule has 0 radical (unpaired) electrons. The van der Waals surface area contributed by atoms with Gasteiger partial charge in [-0.25, -0.2) is 9.67 Å². The first-order valence-electron chi connectivity index (χ1n) is 3.99. The monoisotopic (exact) mass is 189 g/mol. The molecular formula is C8H7N5O. The highest BCUT2D eigenvalue weighted by atomic mass is 16.5. The van der Waals surface area contributed by atoms with Crippen LogP contribution in [0.25, 0.3) is 0 Å². The third-order valence-electron chi connectivity index (χ3n) is 1.63. The minimum Gasteiger partial charge on any atom is -0.359 e. The Morgan fingerprint density at radius 3 is 3.07 bits per heavy atom. The third-order valence-corrected chi connectivity index (χ3v) is 1.63. The SMILES string of the molecule is Cc1cc(Cn2cnc(C#N)n2)on1. The number of nitrogens with zero attached hydrogens (tertiary/aromatic N) is 5. The van der Waals surface area contributed by atoms with Crippen molar-refractivity contribution in [3.05, 3.63) is 29.7 Å². The molecular weight excluding hydrogens is 182 g/mol. The van der Waals surface area contributed by atoms with E-state index >= 15 is 0 Å². The Bertz CT molecular complexity index is 478. The van der Waals surface area contributed by atoms with Gasteiger partial charge in [0.2, 0.25) is 0 Å². The van der Waals surface area contributed by atoms with Gasteiger partial charge in [0.05, 0.1) is 5.69 Å². The maximum atomic E-state index is 8.50. The molecule has 2 rings (SSSR count). The van der Waals surface area contributed by atoms with Crippen molar-refractivity contribution in [2.24, 2.45) is 0 Å². The van der Waals surface area contributed by atoms with E-state index in [1.165, 1.54) is 11.0 Å². The van der Waals surface area contributed by atoms with E-state index in [2.05, 4.69) is 15.2 Å². The topological polar surface area (TPSA) is 80.5 Å². The Morgan fingerprint density at radius 1 is 1.64 bits per heavy atom. The summed E-state index contributed by atoms with van der Waals surface area (Å²) < 4.78 is 6.52. The lowest BCUT2D eigenvalue weighted by molar-refractivity contribution is 0.368. The van der Waals surface area contributed by atoms with Crippen LogP contribution in [0.2, 0.25) is 0 Å². The van der Waals surface area contributed by atoms with Crippen molar-refractivity contribution in [2.45, 2.75) is 13.5 Å². The van der Waals surface area contributed by atoms with Gasteiger partial charge in [-0.2, -0.15) is 5.26 Å². The molecule has 70 valence electrons. The van der Waals surface area contributed by atoms with Crippen molar-refractivity contribution in [1.29, 1.82) is 5.26 Å². The fourth-order valence-corrected chi connectivity index (χ4v) is 1.07. The molecule has 0 aromatic carbocycles. The predicted octanol–water partition coefficient (Wildman–Crippen LogP) is 0.494. The van der Waals surface area contributed by atoms with Crippen LogP contribution in [0.3, 0.4) is 0 Å². The molecule has 0 saturated carbocycles. The summed E-state index contributed by atoms with van der Waals surface area (Å²) in [5.74, 6) is 0.845. The normalized spacial score (nSPS) is 10.0. The van der Waals surface area contributed by atoms with Crippen LogP contribution in [-0.2, 0) is 6.54 Å². The van der Waals surface area contributed by atoms with Gasteiger partial charge >= 0.3 is 0 Å². The van der Waals surface area contributed by atoms with E-state index in [0.29, 0.717) is 12.3 Å². The number of nitriles is 1. The molecule has 0 saturated heterocycles. The summed E-state index contributed by atoms with van der Waals surface area (Å²) >= 11 is 0. The number of aromatic nitrogens is 4. The summed E-state index contributed by atoms with van der Waals surface area (Å²) in [5.41, 5.74) is 0.820. The molecule has 0 aliphatic heterocycles. The summed E-state index contributed by atoms with van der Waals surface area (Å²) in [6.07, 6.45) is 1.48. The van der Waals surface area contributed by atoms with Gasteiger partial charge in [0.1, 0.15) is 18.9 Å². The molecule has 0 unspecified atom stereocenters. The van der Waals surface area contributed by atoms with Gasteiger partial charge in [-0.15, -0.1) is 5.10 Å². The van der Waals surface area contributed by atoms with Crippen LogP contribution in [0.4, 0.5) is 0 Å². The molecule has 6 nitrogen and oxygen atoms in total. The van der Waals surface area contributed by atoms with Crippen molar-refractivity contribution in [2.75, 3.05) is 0 Å². The first kappa shape index (κ1) is 8.44. The van der Waals surface area contributed by atoms with Crippen LogP contribution in [0, 0.1) is 18.3 Å². The van der Waals surface area contributed by atoms with Crippen molar-refractivity contribution in [3.8, 4) is 6.07 Å². The number of rotatable bonds is 2. The van der Waals surface area contributed by atoms with Gasteiger partial charge in [0.25, 0.3) is 5.82 Å². The fraction of sp³-hybridized carbons (Fsp3) is 0.250. The van der Waals surface area contributed by atoms with Crippen LogP contribution < -0.4 is 0 Å². The van der Waals surface area contributed by atoms with Crippen molar-refractivity contribution in [3.63, 3.8) is 0 Å². The van der Waals surface area contributed by atoms with E-state index in [-0.39, 0.29) is 5.82 Å². The van der Waals surface area contributed by atoms with Gasteiger partial charge in [-0.05, 0) is 6.92 Å². The summed E-state index contributed by atoms with van der Waals surface area (Å²) in [7, 11) is 0. The second kappa shape index (κ2) is 3.30. The van der Waals surface area contributed by atoms with Gasteiger partial charge in [-0.1, -0.05) is 5.16 Å². The Morgan fingerprint density at radius 2 is 2.50 bits per heavy atom. The van der Waals surface area contributed by atoms with E-state index in [4.69, 9.17) is 9.78 Å². The molecule has 0 N–H and O–H groups in total. The van der Waals surface area contributed by atoms with Crippen molar-refractivity contribution in [1.82, 2.24) is 19.9 Å².